The van der Waals surface area contributed by atoms with E-state index in [2.05, 4.69) is 50.7 Å². The van der Waals surface area contributed by atoms with Crippen LogP contribution >= 0.6 is 0 Å². The predicted molar refractivity (Wildman–Crippen MR) is 94.5 cm³/mol. The summed E-state index contributed by atoms with van der Waals surface area (Å²) in [6, 6.07) is 8.63. The Morgan fingerprint density at radius 3 is 3.20 bits per heavy atom. The lowest BCUT2D eigenvalue weighted by molar-refractivity contribution is 0.254. The van der Waals surface area contributed by atoms with Crippen molar-refractivity contribution in [2.24, 2.45) is 0 Å². The Morgan fingerprint density at radius 1 is 1.32 bits per heavy atom. The van der Waals surface area contributed by atoms with Crippen molar-refractivity contribution in [2.45, 2.75) is 39.1 Å². The molecule has 4 heterocycles. The summed E-state index contributed by atoms with van der Waals surface area (Å²) in [6.45, 7) is 5.66. The standard InChI is InChI=1S/C19H21N5O/c1-13-8-15-9-14(2-3-18(15)25-13)12-23-6-5-21-19(23)17-10-16-11-20-4-7-24(16)22-17/h2-3,5-6,9-10,13,20H,4,7-8,11-12H2,1H3/t13-/m1/s1. The van der Waals surface area contributed by atoms with E-state index in [1.165, 1.54) is 16.8 Å². The number of aromatic nitrogens is 4. The van der Waals surface area contributed by atoms with Gasteiger partial charge in [-0.1, -0.05) is 12.1 Å². The number of nitrogens with one attached hydrogen (secondary N) is 1. The smallest absolute Gasteiger partial charge is 0.160 e. The highest BCUT2D eigenvalue weighted by Crippen LogP contribution is 2.30. The van der Waals surface area contributed by atoms with Crippen LogP contribution < -0.4 is 10.1 Å². The van der Waals surface area contributed by atoms with Crippen LogP contribution in [0.1, 0.15) is 23.7 Å². The summed E-state index contributed by atoms with van der Waals surface area (Å²) in [4.78, 5) is 4.55. The molecule has 0 radical (unpaired) electrons. The second kappa shape index (κ2) is 5.74. The Labute approximate surface area is 146 Å². The van der Waals surface area contributed by atoms with Crippen molar-refractivity contribution in [3.05, 3.63) is 53.5 Å². The van der Waals surface area contributed by atoms with Gasteiger partial charge in [0.15, 0.2) is 5.82 Å². The van der Waals surface area contributed by atoms with Gasteiger partial charge in [-0.05, 0) is 30.2 Å². The van der Waals surface area contributed by atoms with Crippen molar-refractivity contribution in [1.29, 1.82) is 0 Å². The maximum Gasteiger partial charge on any atom is 0.160 e. The van der Waals surface area contributed by atoms with E-state index in [4.69, 9.17) is 9.84 Å². The average molecular weight is 335 g/mol. The van der Waals surface area contributed by atoms with E-state index >= 15 is 0 Å². The van der Waals surface area contributed by atoms with Crippen LogP contribution in [-0.2, 0) is 26.1 Å². The molecule has 0 unspecified atom stereocenters. The molecule has 0 spiro atoms. The molecule has 2 aliphatic heterocycles. The van der Waals surface area contributed by atoms with Gasteiger partial charge in [-0.25, -0.2) is 4.98 Å². The molecule has 0 saturated carbocycles. The quantitative estimate of drug-likeness (QED) is 0.797. The summed E-state index contributed by atoms with van der Waals surface area (Å²) >= 11 is 0. The van der Waals surface area contributed by atoms with Crippen LogP contribution in [0, 0.1) is 0 Å². The number of hydrogen-bond donors (Lipinski definition) is 1. The molecule has 6 nitrogen and oxygen atoms in total. The van der Waals surface area contributed by atoms with Crippen molar-refractivity contribution in [3.63, 3.8) is 0 Å². The van der Waals surface area contributed by atoms with Gasteiger partial charge in [-0.2, -0.15) is 5.10 Å². The number of imidazole rings is 1. The number of fused-ring (bicyclic) bond motifs is 2. The highest BCUT2D eigenvalue weighted by atomic mass is 16.5. The summed E-state index contributed by atoms with van der Waals surface area (Å²) in [5, 5.41) is 8.12. The lowest BCUT2D eigenvalue weighted by Gasteiger charge is -2.13. The lowest BCUT2D eigenvalue weighted by atomic mass is 10.1. The highest BCUT2D eigenvalue weighted by molar-refractivity contribution is 5.51. The molecule has 1 aromatic carbocycles. The van der Waals surface area contributed by atoms with Crippen molar-refractivity contribution in [2.75, 3.05) is 6.54 Å². The van der Waals surface area contributed by atoms with Crippen molar-refractivity contribution in [3.8, 4) is 17.3 Å². The number of benzene rings is 1. The molecule has 5 rings (SSSR count). The van der Waals surface area contributed by atoms with Crippen molar-refractivity contribution >= 4 is 0 Å². The normalized spacial score (nSPS) is 18.7. The topological polar surface area (TPSA) is 56.9 Å². The molecule has 0 fully saturated rings. The molecule has 0 saturated heterocycles. The average Bonchev–Trinajstić information content (AvgIpc) is 3.30. The van der Waals surface area contributed by atoms with Gasteiger partial charge in [0.1, 0.15) is 17.5 Å². The van der Waals surface area contributed by atoms with E-state index in [1.54, 1.807) is 0 Å². The van der Waals surface area contributed by atoms with E-state index in [0.29, 0.717) is 0 Å². The van der Waals surface area contributed by atoms with Gasteiger partial charge < -0.3 is 14.6 Å². The Balaban J connectivity index is 1.44. The van der Waals surface area contributed by atoms with Gasteiger partial charge in [0, 0.05) is 38.4 Å². The lowest BCUT2D eigenvalue weighted by Crippen LogP contribution is -2.28. The minimum Gasteiger partial charge on any atom is -0.490 e. The second-order valence-corrected chi connectivity index (χ2v) is 6.87. The Morgan fingerprint density at radius 2 is 2.28 bits per heavy atom. The van der Waals surface area contributed by atoms with Crippen molar-refractivity contribution in [1.82, 2.24) is 24.6 Å². The molecule has 3 aromatic rings. The maximum atomic E-state index is 5.80. The monoisotopic (exact) mass is 335 g/mol. The molecule has 1 N–H and O–H groups in total. The first kappa shape index (κ1) is 14.7. The fourth-order valence-electron chi connectivity index (χ4n) is 3.74. The largest absolute Gasteiger partial charge is 0.490 e. The van der Waals surface area contributed by atoms with Crippen molar-refractivity contribution < 1.29 is 4.74 Å². The molecule has 25 heavy (non-hydrogen) atoms. The van der Waals surface area contributed by atoms with Gasteiger partial charge >= 0.3 is 0 Å². The first-order valence-electron chi connectivity index (χ1n) is 8.84. The zero-order chi connectivity index (χ0) is 16.8. The molecule has 2 aromatic heterocycles. The third kappa shape index (κ3) is 2.62. The first-order chi connectivity index (χ1) is 12.3. The fraction of sp³-hybridized carbons (Fsp3) is 0.368. The number of ether oxygens (including phenoxy) is 1. The van der Waals surface area contributed by atoms with Gasteiger partial charge in [0.25, 0.3) is 0 Å². The molecule has 0 aliphatic carbocycles. The Kier molecular flexibility index (Phi) is 3.38. The molecule has 0 bridgehead atoms. The second-order valence-electron chi connectivity index (χ2n) is 6.87. The summed E-state index contributed by atoms with van der Waals surface area (Å²) in [5.74, 6) is 1.95. The first-order valence-corrected chi connectivity index (χ1v) is 8.84. The van der Waals surface area contributed by atoms with Crippen LogP contribution in [0.15, 0.2) is 36.7 Å². The Bertz CT molecular complexity index is 902. The van der Waals surface area contributed by atoms with Gasteiger partial charge in [0.05, 0.1) is 12.2 Å². The SMILES string of the molecule is C[C@@H]1Cc2cc(Cn3ccnc3-c3cc4n(n3)CCNC4)ccc2O1. The van der Waals surface area contributed by atoms with Crippen LogP contribution in [0.5, 0.6) is 5.75 Å². The van der Waals surface area contributed by atoms with Crippen LogP contribution in [0.4, 0.5) is 0 Å². The third-order valence-corrected chi connectivity index (χ3v) is 4.93. The maximum absolute atomic E-state index is 5.80. The number of rotatable bonds is 3. The minimum absolute atomic E-state index is 0.277. The number of nitrogens with zero attached hydrogens (tertiary/aromatic N) is 4. The Hall–Kier alpha value is -2.60. The molecule has 128 valence electrons. The van der Waals surface area contributed by atoms with Crippen LogP contribution in [0.2, 0.25) is 0 Å². The van der Waals surface area contributed by atoms with E-state index in [1.807, 2.05) is 12.4 Å². The van der Waals surface area contributed by atoms with E-state index < -0.39 is 0 Å². The molecular formula is C19H21N5O. The third-order valence-electron chi connectivity index (χ3n) is 4.93. The molecule has 1 atom stereocenters. The minimum atomic E-state index is 0.277. The summed E-state index contributed by atoms with van der Waals surface area (Å²) in [7, 11) is 0. The number of hydrogen-bond acceptors (Lipinski definition) is 4. The molecule has 0 amide bonds. The zero-order valence-electron chi connectivity index (χ0n) is 14.3. The summed E-state index contributed by atoms with van der Waals surface area (Å²) < 4.78 is 10.1. The zero-order valence-corrected chi connectivity index (χ0v) is 14.3. The molecule has 6 heteroatoms. The van der Waals surface area contributed by atoms with Crippen LogP contribution in [-0.4, -0.2) is 32.0 Å². The van der Waals surface area contributed by atoms with Gasteiger partial charge in [-0.15, -0.1) is 0 Å². The highest BCUT2D eigenvalue weighted by Gasteiger charge is 2.20. The molecular weight excluding hydrogens is 314 g/mol. The van der Waals surface area contributed by atoms with Crippen LogP contribution in [0.3, 0.4) is 0 Å². The molecule has 2 aliphatic rings. The summed E-state index contributed by atoms with van der Waals surface area (Å²) in [5.41, 5.74) is 4.73. The van der Waals surface area contributed by atoms with Crippen LogP contribution in [0.25, 0.3) is 11.5 Å². The fourth-order valence-corrected chi connectivity index (χ4v) is 3.74. The predicted octanol–water partition coefficient (Wildman–Crippen LogP) is 2.22. The van der Waals surface area contributed by atoms with E-state index in [-0.39, 0.29) is 6.10 Å². The van der Waals surface area contributed by atoms with Gasteiger partial charge in [-0.3, -0.25) is 4.68 Å². The summed E-state index contributed by atoms with van der Waals surface area (Å²) in [6.07, 6.45) is 5.14. The van der Waals surface area contributed by atoms with E-state index in [9.17, 15) is 0 Å². The van der Waals surface area contributed by atoms with Gasteiger partial charge in [0.2, 0.25) is 0 Å². The van der Waals surface area contributed by atoms with E-state index in [0.717, 1.165) is 49.9 Å².